The van der Waals surface area contributed by atoms with Crippen LogP contribution in [0.1, 0.15) is 40.2 Å². The summed E-state index contributed by atoms with van der Waals surface area (Å²) in [7, 11) is -1.11. The van der Waals surface area contributed by atoms with Crippen molar-refractivity contribution in [1.29, 1.82) is 0 Å². The van der Waals surface area contributed by atoms with Crippen molar-refractivity contribution < 1.29 is 22.6 Å². The lowest BCUT2D eigenvalue weighted by Crippen LogP contribution is -2.43. The summed E-state index contributed by atoms with van der Waals surface area (Å²) in [5, 5.41) is 7.50. The topological polar surface area (TPSA) is 142 Å². The number of para-hydroxylation sites is 1. The normalized spacial score (nSPS) is 14.1. The van der Waals surface area contributed by atoms with Crippen molar-refractivity contribution in [3.63, 3.8) is 0 Å². The summed E-state index contributed by atoms with van der Waals surface area (Å²) in [4.78, 5) is 12.5. The molecule has 0 spiro atoms. The van der Waals surface area contributed by atoms with Crippen molar-refractivity contribution >= 4 is 28.4 Å². The summed E-state index contributed by atoms with van der Waals surface area (Å²) in [6, 6.07) is 7.10. The molecule has 3 aromatic rings. The van der Waals surface area contributed by atoms with Crippen LogP contribution in [0.2, 0.25) is 0 Å². The second-order valence-electron chi connectivity index (χ2n) is 9.60. The molecule has 0 radical (unpaired) electrons. The zero-order chi connectivity index (χ0) is 30.3. The fourth-order valence-electron chi connectivity index (χ4n) is 4.01. The molecule has 2 atom stereocenters. The summed E-state index contributed by atoms with van der Waals surface area (Å²) in [5.41, 5.74) is 2.96. The third-order valence-corrected chi connectivity index (χ3v) is 7.80. The van der Waals surface area contributed by atoms with Gasteiger partial charge >= 0.3 is 0 Å². The van der Waals surface area contributed by atoms with Crippen LogP contribution in [0.3, 0.4) is 0 Å². The highest BCUT2D eigenvalue weighted by Gasteiger charge is 2.35. The van der Waals surface area contributed by atoms with E-state index in [1.807, 2.05) is 26.8 Å². The Morgan fingerprint density at radius 2 is 1.76 bits per heavy atom. The van der Waals surface area contributed by atoms with Gasteiger partial charge in [-0.3, -0.25) is 24.3 Å². The van der Waals surface area contributed by atoms with E-state index in [-0.39, 0.29) is 12.1 Å². The number of nitrogens with zero attached hydrogens (tertiary/aromatic N) is 6. The summed E-state index contributed by atoms with van der Waals surface area (Å²) in [5.74, 6) is 1.10. The van der Waals surface area contributed by atoms with Gasteiger partial charge in [0.1, 0.15) is 28.5 Å². The molecule has 0 bridgehead atoms. The Balaban J connectivity index is 2.18. The lowest BCUT2D eigenvalue weighted by Gasteiger charge is -2.26. The Bertz CT molecular complexity index is 1520. The van der Waals surface area contributed by atoms with E-state index in [1.165, 1.54) is 20.4 Å². The predicted molar refractivity (Wildman–Crippen MR) is 161 cm³/mol. The molecule has 0 aliphatic heterocycles. The molecule has 2 aromatic heterocycles. The average Bonchev–Trinajstić information content (AvgIpc) is 3.35. The highest BCUT2D eigenvalue weighted by Crippen LogP contribution is 2.38. The molecule has 3 rings (SSSR count). The molecule has 2 heterocycles. The second-order valence-corrected chi connectivity index (χ2v) is 11.6. The molecule has 13 heteroatoms. The molecule has 0 saturated carbocycles. The SMILES string of the molecule is C=N/C(C)=C\N=C(C)[C@H](OC(C)C)[C@H](C)S(=O)(=O)Nc1nnc(-c2cncc(C)c2)n1-c1c(OC)cccc1OC. The first kappa shape index (κ1) is 31.4. The van der Waals surface area contributed by atoms with E-state index in [4.69, 9.17) is 14.2 Å². The molecule has 0 saturated heterocycles. The zero-order valence-electron chi connectivity index (χ0n) is 24.6. The third kappa shape index (κ3) is 7.35. The van der Waals surface area contributed by atoms with Gasteiger partial charge in [-0.2, -0.15) is 0 Å². The molecule has 41 heavy (non-hydrogen) atoms. The number of aryl methyl sites for hydroxylation is 1. The molecule has 0 amide bonds. The first-order valence-electron chi connectivity index (χ1n) is 12.9. The zero-order valence-corrected chi connectivity index (χ0v) is 25.4. The second kappa shape index (κ2) is 13.5. The van der Waals surface area contributed by atoms with E-state index in [9.17, 15) is 8.42 Å². The van der Waals surface area contributed by atoms with Crippen LogP contribution < -0.4 is 14.2 Å². The van der Waals surface area contributed by atoms with Crippen LogP contribution in [-0.2, 0) is 14.8 Å². The monoisotopic (exact) mass is 583 g/mol. The number of aromatic nitrogens is 4. The molecular weight excluding hydrogens is 546 g/mol. The lowest BCUT2D eigenvalue weighted by molar-refractivity contribution is 0.0462. The molecule has 0 aliphatic rings. The molecule has 0 fully saturated rings. The minimum Gasteiger partial charge on any atom is -0.494 e. The van der Waals surface area contributed by atoms with Crippen LogP contribution in [0.5, 0.6) is 11.5 Å². The van der Waals surface area contributed by atoms with Crippen molar-refractivity contribution in [1.82, 2.24) is 19.7 Å². The van der Waals surface area contributed by atoms with Gasteiger partial charge in [0.25, 0.3) is 0 Å². The number of anilines is 1. The van der Waals surface area contributed by atoms with E-state index in [2.05, 4.69) is 36.6 Å². The van der Waals surface area contributed by atoms with Crippen molar-refractivity contribution in [2.45, 2.75) is 59.0 Å². The fourth-order valence-corrected chi connectivity index (χ4v) is 5.17. The highest BCUT2D eigenvalue weighted by atomic mass is 32.2. The first-order valence-corrected chi connectivity index (χ1v) is 14.4. The maximum Gasteiger partial charge on any atom is 0.243 e. The molecule has 0 aliphatic carbocycles. The predicted octanol–water partition coefficient (Wildman–Crippen LogP) is 4.60. The smallest absolute Gasteiger partial charge is 0.243 e. The van der Waals surface area contributed by atoms with E-state index < -0.39 is 21.4 Å². The maximum absolute atomic E-state index is 13.9. The van der Waals surface area contributed by atoms with E-state index >= 15 is 0 Å². The number of hydrogen-bond acceptors (Lipinski definition) is 10. The van der Waals surface area contributed by atoms with Gasteiger partial charge < -0.3 is 14.2 Å². The first-order chi connectivity index (χ1) is 19.4. The Morgan fingerprint density at radius 3 is 2.32 bits per heavy atom. The largest absolute Gasteiger partial charge is 0.494 e. The van der Waals surface area contributed by atoms with Gasteiger partial charge in [0.05, 0.1) is 26.0 Å². The molecule has 220 valence electrons. The van der Waals surface area contributed by atoms with Gasteiger partial charge in [-0.1, -0.05) is 6.07 Å². The van der Waals surface area contributed by atoms with Crippen molar-refractivity contribution in [3.8, 4) is 28.6 Å². The van der Waals surface area contributed by atoms with E-state index in [1.54, 1.807) is 55.9 Å². The lowest BCUT2D eigenvalue weighted by atomic mass is 10.2. The standard InChI is InChI=1S/C28H37N7O5S/c1-17(2)40-26(20(5)31-15-19(4)29-7)21(6)41(36,37)34-28-33-32-27(22-13-18(3)14-30-16-22)35(28)25-23(38-8)11-10-12-24(25)39-9/h10-17,21,26H,7H2,1-6,8-9H3,(H,33,34)/b19-15-,31-20?/t21-,26-/m0/s1. The number of ether oxygens (including phenoxy) is 3. The number of aliphatic imine (C=N–C) groups is 2. The van der Waals surface area contributed by atoms with Gasteiger partial charge in [0.2, 0.25) is 16.0 Å². The third-order valence-electron chi connectivity index (χ3n) is 6.11. The highest BCUT2D eigenvalue weighted by molar-refractivity contribution is 7.93. The number of hydrogen-bond donors (Lipinski definition) is 1. The molecular formula is C28H37N7O5S. The Kier molecular flexibility index (Phi) is 10.4. The Hall–Kier alpha value is -4.10. The van der Waals surface area contributed by atoms with Crippen LogP contribution in [0, 0.1) is 6.92 Å². The van der Waals surface area contributed by atoms with Gasteiger partial charge in [-0.25, -0.2) is 8.42 Å². The number of benzene rings is 1. The van der Waals surface area contributed by atoms with Crippen molar-refractivity contribution in [3.05, 3.63) is 54.1 Å². The van der Waals surface area contributed by atoms with Crippen LogP contribution in [0.15, 0.2) is 58.5 Å². The van der Waals surface area contributed by atoms with E-state index in [0.717, 1.165) is 5.56 Å². The van der Waals surface area contributed by atoms with Crippen LogP contribution in [-0.4, -0.2) is 72.3 Å². The van der Waals surface area contributed by atoms with Gasteiger partial charge in [0, 0.05) is 29.9 Å². The molecule has 1 aromatic carbocycles. The minimum absolute atomic E-state index is 0.0688. The number of rotatable bonds is 13. The van der Waals surface area contributed by atoms with Gasteiger partial charge in [0.15, 0.2) is 5.82 Å². The summed E-state index contributed by atoms with van der Waals surface area (Å²) < 4.78 is 49.2. The number of nitrogens with one attached hydrogen (secondary N) is 1. The molecule has 0 unspecified atom stereocenters. The van der Waals surface area contributed by atoms with Crippen LogP contribution in [0.4, 0.5) is 5.95 Å². The number of pyridine rings is 1. The molecule has 1 N–H and O–H groups in total. The summed E-state index contributed by atoms with van der Waals surface area (Å²) >= 11 is 0. The van der Waals surface area contributed by atoms with Crippen LogP contribution >= 0.6 is 0 Å². The van der Waals surface area contributed by atoms with Gasteiger partial charge in [-0.15, -0.1) is 10.2 Å². The summed E-state index contributed by atoms with van der Waals surface area (Å²) in [6.45, 7) is 14.0. The van der Waals surface area contributed by atoms with Crippen molar-refractivity contribution in [2.24, 2.45) is 9.98 Å². The number of methoxy groups -OCH3 is 2. The maximum atomic E-state index is 13.9. The van der Waals surface area contributed by atoms with E-state index in [0.29, 0.717) is 40.0 Å². The molecule has 12 nitrogen and oxygen atoms in total. The minimum atomic E-state index is -4.13. The number of allylic oxidation sites excluding steroid dienone is 1. The summed E-state index contributed by atoms with van der Waals surface area (Å²) in [6.07, 6.45) is 3.69. The number of sulfonamides is 1. The Morgan fingerprint density at radius 1 is 1.10 bits per heavy atom. The quantitative estimate of drug-likeness (QED) is 0.288. The van der Waals surface area contributed by atoms with Gasteiger partial charge in [-0.05, 0) is 72.0 Å². The average molecular weight is 584 g/mol. The fraction of sp³-hybridized carbons (Fsp3) is 0.393. The van der Waals surface area contributed by atoms with Crippen LogP contribution in [0.25, 0.3) is 17.1 Å². The van der Waals surface area contributed by atoms with Crippen molar-refractivity contribution in [2.75, 3.05) is 18.9 Å². The Labute approximate surface area is 241 Å².